The van der Waals surface area contributed by atoms with E-state index in [2.05, 4.69) is 10.6 Å². The van der Waals surface area contributed by atoms with E-state index >= 15 is 0 Å². The van der Waals surface area contributed by atoms with Crippen molar-refractivity contribution in [2.24, 2.45) is 11.8 Å². The summed E-state index contributed by atoms with van der Waals surface area (Å²) in [5.41, 5.74) is -4.78. The van der Waals surface area contributed by atoms with Crippen molar-refractivity contribution in [1.29, 1.82) is 0 Å². The van der Waals surface area contributed by atoms with Gasteiger partial charge in [-0.15, -0.1) is 0 Å². The molecule has 0 saturated heterocycles. The van der Waals surface area contributed by atoms with E-state index in [-0.39, 0.29) is 18.1 Å². The van der Waals surface area contributed by atoms with Crippen molar-refractivity contribution in [1.82, 2.24) is 10.6 Å². The van der Waals surface area contributed by atoms with Crippen molar-refractivity contribution >= 4 is 25.2 Å². The number of hydrogen-bond donors (Lipinski definition) is 4. The lowest BCUT2D eigenvalue weighted by molar-refractivity contribution is -0.132. The molecule has 3 rings (SSSR count). The Kier molecular flexibility index (Phi) is 11.2. The molecular weight excluding hydrogens is 529 g/mol. The molecular formula is C28H41F2N2O6P. The first kappa shape index (κ1) is 31.4. The number of carbonyl (C=O) groups is 3. The zero-order valence-corrected chi connectivity index (χ0v) is 23.4. The third-order valence-corrected chi connectivity index (χ3v) is 9.04. The zero-order valence-electron chi connectivity index (χ0n) is 22.5. The van der Waals surface area contributed by atoms with E-state index in [4.69, 9.17) is 9.79 Å². The summed E-state index contributed by atoms with van der Waals surface area (Å²) in [4.78, 5) is 56.2. The van der Waals surface area contributed by atoms with Crippen molar-refractivity contribution in [3.63, 3.8) is 0 Å². The zero-order chi connectivity index (χ0) is 28.6. The van der Waals surface area contributed by atoms with Crippen molar-refractivity contribution in [3.05, 3.63) is 35.4 Å². The van der Waals surface area contributed by atoms with Gasteiger partial charge in [0.15, 0.2) is 5.78 Å². The van der Waals surface area contributed by atoms with Gasteiger partial charge in [-0.25, -0.2) is 0 Å². The average Bonchev–Trinajstić information content (AvgIpc) is 3.05. The summed E-state index contributed by atoms with van der Waals surface area (Å²) in [6.45, 7) is 1.25. The smallest absolute Gasteiger partial charge is 0.344 e. The van der Waals surface area contributed by atoms with Gasteiger partial charge in [-0.2, -0.15) is 8.78 Å². The molecule has 2 fully saturated rings. The lowest BCUT2D eigenvalue weighted by Crippen LogP contribution is -2.52. The first-order valence-corrected chi connectivity index (χ1v) is 15.6. The highest BCUT2D eigenvalue weighted by Crippen LogP contribution is 2.59. The minimum absolute atomic E-state index is 0.0371. The van der Waals surface area contributed by atoms with Crippen LogP contribution in [0, 0.1) is 11.8 Å². The Morgan fingerprint density at radius 3 is 2.23 bits per heavy atom. The maximum atomic E-state index is 14.0. The molecule has 218 valence electrons. The number of hydrogen-bond acceptors (Lipinski definition) is 4. The van der Waals surface area contributed by atoms with Gasteiger partial charge in [0.05, 0.1) is 6.04 Å². The number of alkyl halides is 2. The molecule has 2 aliphatic carbocycles. The van der Waals surface area contributed by atoms with Crippen LogP contribution in [-0.4, -0.2) is 39.5 Å². The fraction of sp³-hybridized carbons (Fsp3) is 0.679. The van der Waals surface area contributed by atoms with Crippen molar-refractivity contribution < 1.29 is 37.5 Å². The summed E-state index contributed by atoms with van der Waals surface area (Å²) in [5.74, 6) is -0.298. The van der Waals surface area contributed by atoms with Crippen molar-refractivity contribution in [3.8, 4) is 0 Å². The lowest BCUT2D eigenvalue weighted by Gasteiger charge is -2.25. The highest BCUT2D eigenvalue weighted by molar-refractivity contribution is 7.52. The molecule has 1 aromatic carbocycles. The maximum Gasteiger partial charge on any atom is 0.399 e. The summed E-state index contributed by atoms with van der Waals surface area (Å²) in [5, 5.41) is 5.40. The summed E-state index contributed by atoms with van der Waals surface area (Å²) >= 11 is 0. The van der Waals surface area contributed by atoms with Crippen molar-refractivity contribution in [2.45, 2.75) is 108 Å². The number of halogens is 2. The van der Waals surface area contributed by atoms with Crippen LogP contribution < -0.4 is 10.6 Å². The Bertz CT molecular complexity index is 1040. The van der Waals surface area contributed by atoms with Gasteiger partial charge < -0.3 is 20.4 Å². The molecule has 0 spiro atoms. The molecule has 2 saturated carbocycles. The van der Waals surface area contributed by atoms with E-state index in [9.17, 15) is 27.7 Å². The molecule has 3 atom stereocenters. The van der Waals surface area contributed by atoms with Crippen LogP contribution in [0.2, 0.25) is 0 Å². The fourth-order valence-corrected chi connectivity index (χ4v) is 6.32. The number of ketones is 1. The Hall–Kier alpha value is -2.16. The normalized spacial score (nSPS) is 22.1. The van der Waals surface area contributed by atoms with Gasteiger partial charge in [-0.05, 0) is 30.7 Å². The van der Waals surface area contributed by atoms with E-state index in [0.717, 1.165) is 56.6 Å². The Morgan fingerprint density at radius 2 is 1.62 bits per heavy atom. The molecule has 2 amide bonds. The number of carbonyl (C=O) groups excluding carboxylic acids is 3. The molecule has 0 aliphatic heterocycles. The van der Waals surface area contributed by atoms with Gasteiger partial charge in [0, 0.05) is 24.8 Å². The number of nitrogens with one attached hydrogen (secondary N) is 2. The molecule has 39 heavy (non-hydrogen) atoms. The van der Waals surface area contributed by atoms with E-state index in [0.29, 0.717) is 12.0 Å². The number of Topliss-reactive ketones (excluding diaryl/α,β-unsaturated/α-hetero) is 1. The molecule has 4 N–H and O–H groups in total. The minimum atomic E-state index is -5.70. The predicted octanol–water partition coefficient (Wildman–Crippen LogP) is 4.96. The first-order chi connectivity index (χ1) is 18.4. The van der Waals surface area contributed by atoms with E-state index in [1.807, 2.05) is 0 Å². The van der Waals surface area contributed by atoms with Gasteiger partial charge in [0.25, 0.3) is 0 Å². The molecule has 1 aromatic rings. The number of rotatable bonds is 11. The molecule has 0 radical (unpaired) electrons. The third kappa shape index (κ3) is 8.92. The Balaban J connectivity index is 1.62. The van der Waals surface area contributed by atoms with Crippen LogP contribution in [0.3, 0.4) is 0 Å². The van der Waals surface area contributed by atoms with Crippen LogP contribution in [0.1, 0.15) is 95.1 Å². The lowest BCUT2D eigenvalue weighted by atomic mass is 9.83. The summed E-state index contributed by atoms with van der Waals surface area (Å²) in [6, 6.07) is 2.57. The van der Waals surface area contributed by atoms with Crippen LogP contribution in [0.15, 0.2) is 24.3 Å². The quantitative estimate of drug-likeness (QED) is 0.220. The van der Waals surface area contributed by atoms with E-state index < -0.39 is 42.7 Å². The molecule has 8 nitrogen and oxygen atoms in total. The second-order valence-corrected chi connectivity index (χ2v) is 12.8. The van der Waals surface area contributed by atoms with Gasteiger partial charge in [0.1, 0.15) is 6.04 Å². The first-order valence-electron chi connectivity index (χ1n) is 14.0. The van der Waals surface area contributed by atoms with Crippen LogP contribution in [-0.2, 0) is 31.0 Å². The highest BCUT2D eigenvalue weighted by atomic mass is 31.2. The summed E-state index contributed by atoms with van der Waals surface area (Å²) in [6.07, 6.45) is 12.5. The van der Waals surface area contributed by atoms with Crippen LogP contribution in [0.25, 0.3) is 0 Å². The van der Waals surface area contributed by atoms with Crippen LogP contribution >= 0.6 is 7.60 Å². The van der Waals surface area contributed by atoms with Crippen molar-refractivity contribution in [2.75, 3.05) is 0 Å². The Labute approximate surface area is 228 Å². The largest absolute Gasteiger partial charge is 0.399 e. The van der Waals surface area contributed by atoms with Gasteiger partial charge in [-0.1, -0.05) is 82.1 Å². The minimum Gasteiger partial charge on any atom is -0.344 e. The van der Waals surface area contributed by atoms with Gasteiger partial charge in [0.2, 0.25) is 11.8 Å². The number of benzene rings is 1. The fourth-order valence-electron chi connectivity index (χ4n) is 5.84. The maximum absolute atomic E-state index is 14.0. The standard InChI is InChI=1S/C28H41F2N2O6P/c1-19(33)31-25(18-21-14-16-23(17-15-21)28(29,30)39(36,37)38)27(35)32-24-13-6-5-11-22(26(24)34)12-7-10-20-8-3-2-4-9-20/h14-17,20,22,24-25H,2-13,18H2,1H3,(H,31,33)(H,32,35)(H2,36,37,38). The van der Waals surface area contributed by atoms with Gasteiger partial charge in [-0.3, -0.25) is 18.9 Å². The second-order valence-electron chi connectivity index (χ2n) is 11.1. The molecule has 0 heterocycles. The van der Waals surface area contributed by atoms with E-state index in [1.54, 1.807) is 0 Å². The highest BCUT2D eigenvalue weighted by Gasteiger charge is 2.50. The summed E-state index contributed by atoms with van der Waals surface area (Å²) in [7, 11) is -5.70. The Morgan fingerprint density at radius 1 is 1.00 bits per heavy atom. The molecule has 3 unspecified atom stereocenters. The summed E-state index contributed by atoms with van der Waals surface area (Å²) < 4.78 is 39.1. The second kappa shape index (κ2) is 14.0. The molecule has 0 aromatic heterocycles. The molecule has 11 heteroatoms. The monoisotopic (exact) mass is 570 g/mol. The van der Waals surface area contributed by atoms with E-state index in [1.165, 1.54) is 51.2 Å². The molecule has 2 aliphatic rings. The number of amides is 2. The molecule has 0 bridgehead atoms. The third-order valence-electron chi connectivity index (χ3n) is 8.05. The van der Waals surface area contributed by atoms with Gasteiger partial charge >= 0.3 is 13.3 Å². The van der Waals surface area contributed by atoms with Crippen LogP contribution in [0.5, 0.6) is 0 Å². The van der Waals surface area contributed by atoms with Crippen LogP contribution in [0.4, 0.5) is 8.78 Å². The predicted molar refractivity (Wildman–Crippen MR) is 143 cm³/mol. The SMILES string of the molecule is CC(=O)NC(Cc1ccc(C(F)(F)P(=O)(O)O)cc1)C(=O)NC1CCCCC(CCCC2CCCCC2)C1=O. The topological polar surface area (TPSA) is 133 Å². The average molecular weight is 571 g/mol.